The van der Waals surface area contributed by atoms with Crippen LogP contribution in [0.4, 0.5) is 5.69 Å². The largest absolute Gasteiger partial charge is 0.424 e. The van der Waals surface area contributed by atoms with E-state index in [9.17, 15) is 0 Å². The van der Waals surface area contributed by atoms with Crippen molar-refractivity contribution in [2.75, 3.05) is 5.73 Å². The number of aromatic nitrogens is 2. The van der Waals surface area contributed by atoms with Crippen LogP contribution >= 0.6 is 0 Å². The van der Waals surface area contributed by atoms with Crippen LogP contribution in [0.25, 0.3) is 10.9 Å². The zero-order valence-corrected chi connectivity index (χ0v) is 10.5. The van der Waals surface area contributed by atoms with Crippen LogP contribution in [0.2, 0.25) is 0 Å². The number of para-hydroxylation sites is 1. The van der Waals surface area contributed by atoms with E-state index in [1.165, 1.54) is 0 Å². The fraction of sp³-hybridized carbons (Fsp3) is 0.0667. The molecule has 94 valence electrons. The number of rotatable bonds is 2. The van der Waals surface area contributed by atoms with Gasteiger partial charge in [0.2, 0.25) is 0 Å². The number of benzene rings is 2. The van der Waals surface area contributed by atoms with Gasteiger partial charge in [0.25, 0.3) is 0 Å². The fourth-order valence-electron chi connectivity index (χ4n) is 1.82. The molecule has 3 rings (SSSR count). The van der Waals surface area contributed by atoms with Crippen LogP contribution in [0.15, 0.2) is 48.7 Å². The van der Waals surface area contributed by atoms with Crippen molar-refractivity contribution in [2.24, 2.45) is 0 Å². The summed E-state index contributed by atoms with van der Waals surface area (Å²) in [4.78, 5) is 8.55. The fourth-order valence-corrected chi connectivity index (χ4v) is 1.82. The molecular weight excluding hydrogens is 238 g/mol. The van der Waals surface area contributed by atoms with Crippen LogP contribution in [0.1, 0.15) is 5.56 Å². The van der Waals surface area contributed by atoms with E-state index in [-0.39, 0.29) is 0 Å². The van der Waals surface area contributed by atoms with Gasteiger partial charge in [0.15, 0.2) is 0 Å². The van der Waals surface area contributed by atoms with Crippen molar-refractivity contribution in [3.05, 3.63) is 54.2 Å². The standard InChI is InChI=1S/C15H13N3O/c1-10-8-12(6-7-13(10)16)19-15-17-9-11-4-2-3-5-14(11)18-15/h2-9H,16H2,1H3. The Morgan fingerprint density at radius 2 is 1.95 bits per heavy atom. The molecule has 1 aromatic heterocycles. The van der Waals surface area contributed by atoms with E-state index in [1.54, 1.807) is 12.3 Å². The molecule has 0 aliphatic rings. The summed E-state index contributed by atoms with van der Waals surface area (Å²) in [7, 11) is 0. The van der Waals surface area contributed by atoms with E-state index in [4.69, 9.17) is 10.5 Å². The third-order valence-electron chi connectivity index (χ3n) is 2.92. The highest BCUT2D eigenvalue weighted by atomic mass is 16.5. The van der Waals surface area contributed by atoms with E-state index in [0.717, 1.165) is 22.2 Å². The van der Waals surface area contributed by atoms with E-state index >= 15 is 0 Å². The summed E-state index contributed by atoms with van der Waals surface area (Å²) in [5, 5.41) is 0.989. The summed E-state index contributed by atoms with van der Waals surface area (Å²) in [5.41, 5.74) is 8.34. The maximum Gasteiger partial charge on any atom is 0.322 e. The Labute approximate surface area is 110 Å². The molecule has 0 unspecified atom stereocenters. The summed E-state index contributed by atoms with van der Waals surface area (Å²) >= 11 is 0. The molecule has 0 saturated carbocycles. The van der Waals surface area contributed by atoms with Crippen molar-refractivity contribution >= 4 is 16.6 Å². The number of nitrogens with zero attached hydrogens (tertiary/aromatic N) is 2. The van der Waals surface area contributed by atoms with Crippen molar-refractivity contribution in [3.63, 3.8) is 0 Å². The van der Waals surface area contributed by atoms with Gasteiger partial charge in [0, 0.05) is 17.3 Å². The predicted octanol–water partition coefficient (Wildman–Crippen LogP) is 3.31. The van der Waals surface area contributed by atoms with Crippen molar-refractivity contribution in [1.82, 2.24) is 9.97 Å². The Kier molecular flexibility index (Phi) is 2.76. The second kappa shape index (κ2) is 4.57. The highest BCUT2D eigenvalue weighted by molar-refractivity contribution is 5.77. The highest BCUT2D eigenvalue weighted by Crippen LogP contribution is 2.23. The molecule has 2 N–H and O–H groups in total. The van der Waals surface area contributed by atoms with Crippen LogP contribution in [0, 0.1) is 6.92 Å². The number of hydrogen-bond donors (Lipinski definition) is 1. The molecule has 0 radical (unpaired) electrons. The Balaban J connectivity index is 1.94. The van der Waals surface area contributed by atoms with Crippen molar-refractivity contribution < 1.29 is 4.74 Å². The van der Waals surface area contributed by atoms with Crippen LogP contribution in [0.5, 0.6) is 11.8 Å². The first kappa shape index (κ1) is 11.5. The molecule has 0 bridgehead atoms. The van der Waals surface area contributed by atoms with Crippen molar-refractivity contribution in [3.8, 4) is 11.8 Å². The second-order valence-electron chi connectivity index (χ2n) is 4.33. The number of hydrogen-bond acceptors (Lipinski definition) is 4. The van der Waals surface area contributed by atoms with Crippen LogP contribution in [-0.4, -0.2) is 9.97 Å². The Hall–Kier alpha value is -2.62. The smallest absolute Gasteiger partial charge is 0.322 e. The molecule has 1 heterocycles. The Morgan fingerprint density at radius 1 is 1.11 bits per heavy atom. The average Bonchev–Trinajstić information content (AvgIpc) is 2.43. The van der Waals surface area contributed by atoms with E-state index in [1.807, 2.05) is 43.3 Å². The minimum absolute atomic E-state index is 0.336. The molecule has 3 aromatic rings. The molecule has 0 aliphatic carbocycles. The van der Waals surface area contributed by atoms with E-state index in [0.29, 0.717) is 11.8 Å². The zero-order valence-electron chi connectivity index (χ0n) is 10.5. The second-order valence-corrected chi connectivity index (χ2v) is 4.33. The summed E-state index contributed by atoms with van der Waals surface area (Å²) in [5.74, 6) is 0.682. The zero-order chi connectivity index (χ0) is 13.2. The molecule has 4 nitrogen and oxygen atoms in total. The molecule has 0 atom stereocenters. The van der Waals surface area contributed by atoms with Crippen LogP contribution in [-0.2, 0) is 0 Å². The quantitative estimate of drug-likeness (QED) is 0.710. The van der Waals surface area contributed by atoms with Crippen LogP contribution < -0.4 is 10.5 Å². The van der Waals surface area contributed by atoms with Gasteiger partial charge in [-0.05, 0) is 36.8 Å². The maximum absolute atomic E-state index is 5.77. The van der Waals surface area contributed by atoms with Crippen molar-refractivity contribution in [2.45, 2.75) is 6.92 Å². The van der Waals surface area contributed by atoms with Gasteiger partial charge in [-0.1, -0.05) is 18.2 Å². The molecule has 19 heavy (non-hydrogen) atoms. The number of nitrogens with two attached hydrogens (primary N) is 1. The number of fused-ring (bicyclic) bond motifs is 1. The maximum atomic E-state index is 5.77. The molecule has 0 saturated heterocycles. The van der Waals surface area contributed by atoms with Gasteiger partial charge in [-0.2, -0.15) is 4.98 Å². The van der Waals surface area contributed by atoms with Gasteiger partial charge in [-0.15, -0.1) is 0 Å². The summed E-state index contributed by atoms with van der Waals surface area (Å²) < 4.78 is 5.64. The Morgan fingerprint density at radius 3 is 2.79 bits per heavy atom. The first-order chi connectivity index (χ1) is 9.22. The lowest BCUT2D eigenvalue weighted by Gasteiger charge is -2.06. The molecule has 4 heteroatoms. The summed E-state index contributed by atoms with van der Waals surface area (Å²) in [6.07, 6.45) is 1.75. The third-order valence-corrected chi connectivity index (χ3v) is 2.92. The van der Waals surface area contributed by atoms with Crippen molar-refractivity contribution in [1.29, 1.82) is 0 Å². The molecule has 0 amide bonds. The number of ether oxygens (including phenoxy) is 1. The molecule has 0 fully saturated rings. The first-order valence-corrected chi connectivity index (χ1v) is 5.98. The molecule has 0 spiro atoms. The first-order valence-electron chi connectivity index (χ1n) is 5.98. The number of nitrogen functional groups attached to an aromatic ring is 1. The minimum atomic E-state index is 0.336. The summed E-state index contributed by atoms with van der Waals surface area (Å²) in [6.45, 7) is 1.93. The normalized spacial score (nSPS) is 10.6. The van der Waals surface area contributed by atoms with E-state index < -0.39 is 0 Å². The monoisotopic (exact) mass is 251 g/mol. The van der Waals surface area contributed by atoms with Gasteiger partial charge in [-0.3, -0.25) is 0 Å². The minimum Gasteiger partial charge on any atom is -0.424 e. The van der Waals surface area contributed by atoms with Gasteiger partial charge in [0.05, 0.1) is 5.52 Å². The number of aryl methyl sites for hydroxylation is 1. The Bertz CT molecular complexity index is 740. The predicted molar refractivity (Wildman–Crippen MR) is 75.2 cm³/mol. The number of anilines is 1. The SMILES string of the molecule is Cc1cc(Oc2ncc3ccccc3n2)ccc1N. The van der Waals surface area contributed by atoms with Gasteiger partial charge >= 0.3 is 6.01 Å². The lowest BCUT2D eigenvalue weighted by atomic mass is 10.2. The molecule has 2 aromatic carbocycles. The van der Waals surface area contributed by atoms with Crippen LogP contribution in [0.3, 0.4) is 0 Å². The lowest BCUT2D eigenvalue weighted by Crippen LogP contribution is -1.94. The molecule has 0 aliphatic heterocycles. The van der Waals surface area contributed by atoms with Gasteiger partial charge in [-0.25, -0.2) is 4.98 Å². The highest BCUT2D eigenvalue weighted by Gasteiger charge is 2.03. The third kappa shape index (κ3) is 2.33. The lowest BCUT2D eigenvalue weighted by molar-refractivity contribution is 0.444. The van der Waals surface area contributed by atoms with Gasteiger partial charge in [0.1, 0.15) is 5.75 Å². The summed E-state index contributed by atoms with van der Waals surface area (Å²) in [6, 6.07) is 13.6. The average molecular weight is 251 g/mol. The van der Waals surface area contributed by atoms with E-state index in [2.05, 4.69) is 9.97 Å². The van der Waals surface area contributed by atoms with Gasteiger partial charge < -0.3 is 10.5 Å². The topological polar surface area (TPSA) is 61.0 Å². The molecular formula is C15H13N3O.